The summed E-state index contributed by atoms with van der Waals surface area (Å²) in [5.74, 6) is 0.462. The summed E-state index contributed by atoms with van der Waals surface area (Å²) >= 11 is 6.41. The Morgan fingerprint density at radius 3 is 2.88 bits per heavy atom. The molecule has 132 valence electrons. The van der Waals surface area contributed by atoms with Gasteiger partial charge < -0.3 is 24.7 Å². The van der Waals surface area contributed by atoms with Crippen molar-refractivity contribution in [2.24, 2.45) is 5.92 Å². The number of carboxylic acids is 1. The molecule has 2 heterocycles. The highest BCUT2D eigenvalue weighted by atomic mass is 35.5. The minimum absolute atomic E-state index is 0.00787. The highest BCUT2D eigenvalue weighted by molar-refractivity contribution is 6.33. The predicted molar refractivity (Wildman–Crippen MR) is 94.7 cm³/mol. The van der Waals surface area contributed by atoms with Gasteiger partial charge in [0.05, 0.1) is 22.7 Å². The third kappa shape index (κ3) is 2.20. The molecule has 1 N–H and O–H groups in total. The zero-order chi connectivity index (χ0) is 17.8. The SMILES string of the molecule is O=C([O-])c1ccc(Cl)c2c1[C@H]1C=CC[C@H]1[C@@H](c1ccc3c(c1)OCO3)N2. The summed E-state index contributed by atoms with van der Waals surface area (Å²) in [6.07, 6.45) is 5.04. The molecule has 26 heavy (non-hydrogen) atoms. The van der Waals surface area contributed by atoms with E-state index in [1.165, 1.54) is 6.07 Å². The third-order valence-electron chi connectivity index (χ3n) is 5.44. The van der Waals surface area contributed by atoms with Gasteiger partial charge in [0.1, 0.15) is 0 Å². The fraction of sp³-hybridized carbons (Fsp3) is 0.250. The van der Waals surface area contributed by atoms with Crippen molar-refractivity contribution in [1.82, 2.24) is 0 Å². The van der Waals surface area contributed by atoms with Crippen LogP contribution in [-0.2, 0) is 0 Å². The second-order valence-electron chi connectivity index (χ2n) is 6.76. The van der Waals surface area contributed by atoms with E-state index in [0.29, 0.717) is 16.3 Å². The van der Waals surface area contributed by atoms with Gasteiger partial charge in [-0.25, -0.2) is 0 Å². The van der Waals surface area contributed by atoms with Crippen LogP contribution in [0, 0.1) is 5.92 Å². The predicted octanol–water partition coefficient (Wildman–Crippen LogP) is 3.26. The molecule has 2 aromatic carbocycles. The van der Waals surface area contributed by atoms with Crippen LogP contribution in [0.5, 0.6) is 11.5 Å². The number of allylic oxidation sites excluding steroid dienone is 2. The van der Waals surface area contributed by atoms with Gasteiger partial charge in [0.2, 0.25) is 6.79 Å². The van der Waals surface area contributed by atoms with E-state index in [9.17, 15) is 9.90 Å². The average Bonchev–Trinajstić information content (AvgIpc) is 3.29. The van der Waals surface area contributed by atoms with Gasteiger partial charge in [-0.3, -0.25) is 0 Å². The van der Waals surface area contributed by atoms with Crippen molar-refractivity contribution >= 4 is 23.3 Å². The Morgan fingerprint density at radius 1 is 1.19 bits per heavy atom. The molecule has 0 radical (unpaired) electrons. The second-order valence-corrected chi connectivity index (χ2v) is 7.17. The van der Waals surface area contributed by atoms with Gasteiger partial charge in [0.15, 0.2) is 11.5 Å². The van der Waals surface area contributed by atoms with Crippen molar-refractivity contribution < 1.29 is 19.4 Å². The van der Waals surface area contributed by atoms with Crippen LogP contribution in [0.3, 0.4) is 0 Å². The summed E-state index contributed by atoms with van der Waals surface area (Å²) in [7, 11) is 0. The lowest BCUT2D eigenvalue weighted by Crippen LogP contribution is -2.33. The molecule has 0 aromatic heterocycles. The van der Waals surface area contributed by atoms with Gasteiger partial charge in [-0.15, -0.1) is 0 Å². The quantitative estimate of drug-likeness (QED) is 0.824. The molecule has 0 unspecified atom stereocenters. The fourth-order valence-electron chi connectivity index (χ4n) is 4.29. The molecule has 3 atom stereocenters. The number of hydrogen-bond acceptors (Lipinski definition) is 5. The number of benzene rings is 2. The van der Waals surface area contributed by atoms with Crippen LogP contribution in [0.25, 0.3) is 0 Å². The third-order valence-corrected chi connectivity index (χ3v) is 5.76. The van der Waals surface area contributed by atoms with Crippen LogP contribution in [0.1, 0.15) is 39.9 Å². The topological polar surface area (TPSA) is 70.6 Å². The van der Waals surface area contributed by atoms with E-state index in [1.54, 1.807) is 6.07 Å². The molecule has 2 aliphatic heterocycles. The Hall–Kier alpha value is -2.66. The number of ether oxygens (including phenoxy) is 2. The van der Waals surface area contributed by atoms with Gasteiger partial charge in [-0.1, -0.05) is 35.9 Å². The molecule has 0 fully saturated rings. The first-order valence-corrected chi connectivity index (χ1v) is 8.88. The molecule has 0 amide bonds. The summed E-state index contributed by atoms with van der Waals surface area (Å²) in [6, 6.07) is 9.03. The molecule has 3 aliphatic rings. The Bertz CT molecular complexity index is 955. The molecule has 5 nitrogen and oxygen atoms in total. The van der Waals surface area contributed by atoms with Gasteiger partial charge >= 0.3 is 0 Å². The Balaban J connectivity index is 1.64. The lowest BCUT2D eigenvalue weighted by molar-refractivity contribution is -0.255. The number of anilines is 1. The first kappa shape index (κ1) is 15.6. The molecule has 5 rings (SSSR count). The minimum Gasteiger partial charge on any atom is -0.545 e. The maximum absolute atomic E-state index is 11.6. The summed E-state index contributed by atoms with van der Waals surface area (Å²) in [4.78, 5) is 11.6. The number of fused-ring (bicyclic) bond motifs is 4. The highest BCUT2D eigenvalue weighted by Gasteiger charge is 2.40. The van der Waals surface area contributed by atoms with E-state index in [2.05, 4.69) is 17.5 Å². The van der Waals surface area contributed by atoms with Crippen LogP contribution in [0.15, 0.2) is 42.5 Å². The molecular formula is C20H15ClNO4-. The van der Waals surface area contributed by atoms with Crippen LogP contribution in [-0.4, -0.2) is 12.8 Å². The molecule has 0 saturated heterocycles. The number of aromatic carboxylic acids is 1. The largest absolute Gasteiger partial charge is 0.545 e. The number of halogens is 1. The smallest absolute Gasteiger partial charge is 0.231 e. The Morgan fingerprint density at radius 2 is 2.04 bits per heavy atom. The summed E-state index contributed by atoms with van der Waals surface area (Å²) in [6.45, 7) is 0.230. The highest BCUT2D eigenvalue weighted by Crippen LogP contribution is 2.53. The monoisotopic (exact) mass is 368 g/mol. The Kier molecular flexibility index (Phi) is 3.40. The number of hydrogen-bond donors (Lipinski definition) is 1. The second kappa shape index (κ2) is 5.68. The van der Waals surface area contributed by atoms with Gasteiger partial charge in [-0.2, -0.15) is 0 Å². The van der Waals surface area contributed by atoms with Crippen molar-refractivity contribution in [3.8, 4) is 11.5 Å². The normalized spacial score (nSPS) is 24.7. The number of carbonyl (C=O) groups is 1. The van der Waals surface area contributed by atoms with E-state index in [-0.39, 0.29) is 30.2 Å². The summed E-state index contributed by atoms with van der Waals surface area (Å²) in [5.41, 5.74) is 2.65. The first-order valence-electron chi connectivity index (χ1n) is 8.50. The standard InChI is InChI=1S/C20H16ClNO4/c21-14-6-5-13(20(23)24)17-11-2-1-3-12(11)18(22-19(14)17)10-4-7-15-16(8-10)26-9-25-15/h1-2,4-8,11-12,18,22H,3,9H2,(H,23,24)/p-1/t11-,12+,18+/m0/s1. The maximum Gasteiger partial charge on any atom is 0.231 e. The first-order chi connectivity index (χ1) is 12.6. The maximum atomic E-state index is 11.6. The van der Waals surface area contributed by atoms with Gasteiger partial charge in [-0.05, 0) is 41.7 Å². The number of nitrogens with one attached hydrogen (secondary N) is 1. The van der Waals surface area contributed by atoms with E-state index in [1.807, 2.05) is 18.2 Å². The lowest BCUT2D eigenvalue weighted by atomic mass is 9.75. The van der Waals surface area contributed by atoms with E-state index in [4.69, 9.17) is 21.1 Å². The van der Waals surface area contributed by atoms with Crippen molar-refractivity contribution in [1.29, 1.82) is 0 Å². The summed E-state index contributed by atoms with van der Waals surface area (Å²) < 4.78 is 10.9. The Labute approximate surface area is 155 Å². The van der Waals surface area contributed by atoms with E-state index >= 15 is 0 Å². The molecule has 2 aromatic rings. The number of rotatable bonds is 2. The zero-order valence-corrected chi connectivity index (χ0v) is 14.5. The molecule has 1 aliphatic carbocycles. The van der Waals surface area contributed by atoms with E-state index in [0.717, 1.165) is 23.5 Å². The van der Waals surface area contributed by atoms with E-state index < -0.39 is 5.97 Å². The zero-order valence-electron chi connectivity index (χ0n) is 13.7. The van der Waals surface area contributed by atoms with Crippen LogP contribution in [0.2, 0.25) is 5.02 Å². The molecule has 6 heteroatoms. The molecular weight excluding hydrogens is 354 g/mol. The van der Waals surface area contributed by atoms with Crippen LogP contribution < -0.4 is 19.9 Å². The number of carboxylic acid groups (broad SMARTS) is 1. The summed E-state index contributed by atoms with van der Waals surface area (Å²) in [5, 5.41) is 15.6. The molecule has 0 bridgehead atoms. The van der Waals surface area contributed by atoms with Crippen molar-refractivity contribution in [3.63, 3.8) is 0 Å². The van der Waals surface area contributed by atoms with Gasteiger partial charge in [0.25, 0.3) is 0 Å². The van der Waals surface area contributed by atoms with Crippen LogP contribution in [0.4, 0.5) is 5.69 Å². The minimum atomic E-state index is -1.18. The van der Waals surface area contributed by atoms with Crippen LogP contribution >= 0.6 is 11.6 Å². The molecule has 0 saturated carbocycles. The lowest BCUT2D eigenvalue weighted by Gasteiger charge is -2.39. The fourth-order valence-corrected chi connectivity index (χ4v) is 4.51. The number of carbonyl (C=O) groups excluding carboxylic acids is 1. The van der Waals surface area contributed by atoms with Crippen molar-refractivity contribution in [2.45, 2.75) is 18.4 Å². The molecule has 0 spiro atoms. The average molecular weight is 369 g/mol. The van der Waals surface area contributed by atoms with Gasteiger partial charge in [0, 0.05) is 11.5 Å². The van der Waals surface area contributed by atoms with Crippen molar-refractivity contribution in [3.05, 3.63) is 64.2 Å². The van der Waals surface area contributed by atoms with Crippen molar-refractivity contribution in [2.75, 3.05) is 12.1 Å².